The van der Waals surface area contributed by atoms with Crippen LogP contribution >= 0.6 is 0 Å². The van der Waals surface area contributed by atoms with Crippen molar-refractivity contribution >= 4 is 29.1 Å². The van der Waals surface area contributed by atoms with Crippen molar-refractivity contribution in [1.29, 1.82) is 0 Å². The van der Waals surface area contributed by atoms with E-state index in [0.29, 0.717) is 17.8 Å². The van der Waals surface area contributed by atoms with E-state index in [2.05, 4.69) is 15.1 Å². The molecular weight excluding hydrogens is 394 g/mol. The second-order valence-corrected chi connectivity index (χ2v) is 8.93. The average molecular weight is 428 g/mol. The minimum absolute atomic E-state index is 0.0181. The third kappa shape index (κ3) is 4.54. The van der Waals surface area contributed by atoms with Crippen molar-refractivity contribution < 1.29 is 14.4 Å². The molecule has 0 saturated carbocycles. The van der Waals surface area contributed by atoms with E-state index in [1.54, 1.807) is 25.1 Å². The summed E-state index contributed by atoms with van der Waals surface area (Å²) in [5.41, 5.74) is 2.11. The number of hydrogen-bond donors (Lipinski definition) is 1. The zero-order valence-corrected chi connectivity index (χ0v) is 18.6. The first-order valence-corrected chi connectivity index (χ1v) is 11.4. The van der Waals surface area contributed by atoms with Crippen molar-refractivity contribution in [2.24, 2.45) is 0 Å². The maximum Gasteiger partial charge on any atom is 0.253 e. The summed E-state index contributed by atoms with van der Waals surface area (Å²) in [7, 11) is 3.42. The molecule has 0 spiro atoms. The topological polar surface area (TPSA) is 76.2 Å². The van der Waals surface area contributed by atoms with Crippen LogP contribution in [0.1, 0.15) is 42.5 Å². The van der Waals surface area contributed by atoms with Gasteiger partial charge in [-0.15, -0.1) is 0 Å². The summed E-state index contributed by atoms with van der Waals surface area (Å²) in [6.07, 6.45) is 5.29. The van der Waals surface area contributed by atoms with Gasteiger partial charge in [-0.2, -0.15) is 0 Å². The first-order chi connectivity index (χ1) is 15.0. The van der Waals surface area contributed by atoms with Gasteiger partial charge in [0.1, 0.15) is 12.6 Å². The van der Waals surface area contributed by atoms with Crippen LogP contribution in [0.2, 0.25) is 0 Å². The number of carbonyl (C=O) groups excluding carboxylic acids is 3. The summed E-state index contributed by atoms with van der Waals surface area (Å²) < 4.78 is 0. The number of nitrogens with one attached hydrogen (secondary N) is 1. The van der Waals surface area contributed by atoms with Gasteiger partial charge in [-0.3, -0.25) is 19.3 Å². The lowest BCUT2D eigenvalue weighted by Crippen LogP contribution is -2.57. The number of piperidine rings is 1. The van der Waals surface area contributed by atoms with Crippen LogP contribution in [-0.2, 0) is 9.59 Å². The molecule has 3 heterocycles. The van der Waals surface area contributed by atoms with E-state index in [9.17, 15) is 14.4 Å². The highest BCUT2D eigenvalue weighted by Gasteiger charge is 2.40. The molecule has 1 atom stereocenters. The summed E-state index contributed by atoms with van der Waals surface area (Å²) in [6.45, 7) is 4.41. The van der Waals surface area contributed by atoms with Crippen LogP contribution in [0, 0.1) is 0 Å². The Bertz CT molecular complexity index is 850. The lowest BCUT2D eigenvalue weighted by atomic mass is 9.95. The summed E-state index contributed by atoms with van der Waals surface area (Å²) in [5.74, 6) is -0.325. The van der Waals surface area contributed by atoms with Crippen molar-refractivity contribution in [1.82, 2.24) is 15.1 Å². The minimum Gasteiger partial charge on any atom is -0.358 e. The van der Waals surface area contributed by atoms with Crippen molar-refractivity contribution in [2.75, 3.05) is 63.2 Å². The predicted molar refractivity (Wildman–Crippen MR) is 120 cm³/mol. The largest absolute Gasteiger partial charge is 0.358 e. The smallest absolute Gasteiger partial charge is 0.253 e. The standard InChI is InChI=1S/C23H33N5O3/c1-25(2)22(30)17-8-9-18-20(15-17)28(23(31)19-7-3-4-13-27(18)19)16-21(29)24-10-14-26-11-5-6-12-26/h8-9,15,19H,3-7,10-14,16H2,1-2H3,(H,24,29)/t19-/m0/s1. The number of anilines is 2. The fourth-order valence-electron chi connectivity index (χ4n) is 4.87. The van der Waals surface area contributed by atoms with E-state index in [0.717, 1.165) is 51.1 Å². The molecule has 3 aliphatic rings. The molecule has 31 heavy (non-hydrogen) atoms. The van der Waals surface area contributed by atoms with E-state index >= 15 is 0 Å². The minimum atomic E-state index is -0.228. The van der Waals surface area contributed by atoms with Gasteiger partial charge in [-0.05, 0) is 63.4 Å². The first-order valence-electron chi connectivity index (χ1n) is 11.4. The fraction of sp³-hybridized carbons (Fsp3) is 0.609. The van der Waals surface area contributed by atoms with E-state index < -0.39 is 0 Å². The molecular formula is C23H33N5O3. The van der Waals surface area contributed by atoms with Crippen LogP contribution in [0.25, 0.3) is 0 Å². The average Bonchev–Trinajstić information content (AvgIpc) is 3.29. The highest BCUT2D eigenvalue weighted by Crippen LogP contribution is 2.40. The molecule has 8 heteroatoms. The van der Waals surface area contributed by atoms with Crippen LogP contribution < -0.4 is 15.1 Å². The molecule has 3 aliphatic heterocycles. The Morgan fingerprint density at radius 3 is 2.55 bits per heavy atom. The molecule has 1 N–H and O–H groups in total. The molecule has 3 amide bonds. The quantitative estimate of drug-likeness (QED) is 0.741. The third-order valence-corrected chi connectivity index (χ3v) is 6.53. The van der Waals surface area contributed by atoms with E-state index in [1.807, 2.05) is 12.1 Å². The summed E-state index contributed by atoms with van der Waals surface area (Å²) in [4.78, 5) is 46.2. The van der Waals surface area contributed by atoms with Gasteiger partial charge in [0, 0.05) is 39.3 Å². The number of amides is 3. The predicted octanol–water partition coefficient (Wildman–Crippen LogP) is 1.31. The summed E-state index contributed by atoms with van der Waals surface area (Å²) in [6, 6.07) is 5.28. The van der Waals surface area contributed by atoms with Gasteiger partial charge < -0.3 is 20.0 Å². The van der Waals surface area contributed by atoms with Crippen LogP contribution in [0.4, 0.5) is 11.4 Å². The normalized spacial score (nSPS) is 21.0. The van der Waals surface area contributed by atoms with Gasteiger partial charge in [0.25, 0.3) is 5.91 Å². The van der Waals surface area contributed by atoms with E-state index in [1.165, 1.54) is 17.7 Å². The molecule has 0 radical (unpaired) electrons. The molecule has 2 saturated heterocycles. The molecule has 1 aromatic rings. The van der Waals surface area contributed by atoms with E-state index in [4.69, 9.17) is 0 Å². The Labute approximate surface area is 184 Å². The summed E-state index contributed by atoms with van der Waals surface area (Å²) >= 11 is 0. The fourth-order valence-corrected chi connectivity index (χ4v) is 4.87. The number of hydrogen-bond acceptors (Lipinski definition) is 5. The molecule has 0 unspecified atom stereocenters. The number of rotatable bonds is 6. The maximum absolute atomic E-state index is 13.4. The Balaban J connectivity index is 1.54. The molecule has 4 rings (SSSR count). The van der Waals surface area contributed by atoms with Crippen molar-refractivity contribution in [3.8, 4) is 0 Å². The number of benzene rings is 1. The molecule has 0 bridgehead atoms. The van der Waals surface area contributed by atoms with Gasteiger partial charge in [-0.25, -0.2) is 0 Å². The second kappa shape index (κ2) is 9.26. The Kier molecular flexibility index (Phi) is 6.46. The number of nitrogens with zero attached hydrogens (tertiary/aromatic N) is 4. The van der Waals surface area contributed by atoms with E-state index in [-0.39, 0.29) is 30.3 Å². The van der Waals surface area contributed by atoms with Gasteiger partial charge in [0.2, 0.25) is 11.8 Å². The van der Waals surface area contributed by atoms with Crippen LogP contribution in [-0.4, -0.2) is 86.9 Å². The highest BCUT2D eigenvalue weighted by molar-refractivity contribution is 6.09. The Morgan fingerprint density at radius 2 is 1.81 bits per heavy atom. The van der Waals surface area contributed by atoms with Crippen molar-refractivity contribution in [2.45, 2.75) is 38.1 Å². The Morgan fingerprint density at radius 1 is 1.06 bits per heavy atom. The zero-order chi connectivity index (χ0) is 22.0. The van der Waals surface area contributed by atoms with Crippen LogP contribution in [0.3, 0.4) is 0 Å². The zero-order valence-electron chi connectivity index (χ0n) is 18.6. The van der Waals surface area contributed by atoms with Gasteiger partial charge in [0.05, 0.1) is 11.4 Å². The molecule has 0 aliphatic carbocycles. The number of likely N-dealkylation sites (tertiary alicyclic amines) is 1. The van der Waals surface area contributed by atoms with Crippen molar-refractivity contribution in [3.63, 3.8) is 0 Å². The van der Waals surface area contributed by atoms with Crippen LogP contribution in [0.15, 0.2) is 18.2 Å². The third-order valence-electron chi connectivity index (χ3n) is 6.53. The summed E-state index contributed by atoms with van der Waals surface area (Å²) in [5, 5.41) is 2.97. The molecule has 2 fully saturated rings. The number of carbonyl (C=O) groups is 3. The molecule has 168 valence electrons. The Hall–Kier alpha value is -2.61. The van der Waals surface area contributed by atoms with Gasteiger partial charge in [0.15, 0.2) is 0 Å². The maximum atomic E-state index is 13.4. The SMILES string of the molecule is CN(C)C(=O)c1ccc2c(c1)N(CC(=O)NCCN1CCCC1)C(=O)[C@@H]1CCCCN21. The molecule has 8 nitrogen and oxygen atoms in total. The molecule has 0 aromatic heterocycles. The molecule has 1 aromatic carbocycles. The van der Waals surface area contributed by atoms with Crippen LogP contribution in [0.5, 0.6) is 0 Å². The number of fused-ring (bicyclic) bond motifs is 3. The second-order valence-electron chi connectivity index (χ2n) is 8.93. The highest BCUT2D eigenvalue weighted by atomic mass is 16.2. The first kappa shape index (κ1) is 21.6. The lowest BCUT2D eigenvalue weighted by molar-refractivity contribution is -0.125. The monoisotopic (exact) mass is 427 g/mol. The van der Waals surface area contributed by atoms with Gasteiger partial charge >= 0.3 is 0 Å². The lowest BCUT2D eigenvalue weighted by Gasteiger charge is -2.45. The van der Waals surface area contributed by atoms with Crippen molar-refractivity contribution in [3.05, 3.63) is 23.8 Å². The van der Waals surface area contributed by atoms with Gasteiger partial charge in [-0.1, -0.05) is 0 Å².